The van der Waals surface area contributed by atoms with Gasteiger partial charge in [-0.25, -0.2) is 12.8 Å². The molecule has 1 N–H and O–H groups in total. The van der Waals surface area contributed by atoms with Crippen LogP contribution in [0.2, 0.25) is 0 Å². The van der Waals surface area contributed by atoms with E-state index >= 15 is 0 Å². The molecule has 1 aromatic carbocycles. The molecule has 1 aliphatic rings. The molecule has 0 aromatic heterocycles. The molecule has 1 aromatic rings. The minimum absolute atomic E-state index is 0.00281. The van der Waals surface area contributed by atoms with Crippen molar-refractivity contribution < 1.29 is 17.6 Å². The summed E-state index contributed by atoms with van der Waals surface area (Å²) < 4.78 is 36.1. The zero-order valence-corrected chi connectivity index (χ0v) is 13.4. The molecule has 2 rings (SSSR count). The number of halogens is 1. The van der Waals surface area contributed by atoms with E-state index in [1.54, 1.807) is 6.07 Å². The van der Waals surface area contributed by atoms with Gasteiger partial charge in [-0.05, 0) is 31.2 Å². The zero-order chi connectivity index (χ0) is 16.2. The maximum atomic E-state index is 13.0. The van der Waals surface area contributed by atoms with Gasteiger partial charge < -0.3 is 5.32 Å². The lowest BCUT2D eigenvalue weighted by atomic mass is 10.2. The van der Waals surface area contributed by atoms with E-state index in [2.05, 4.69) is 5.32 Å². The standard InChI is InChI=1S/C15H21FN2O3S/c1-2-18(14-7-9-22(20,21)11-14)8-6-15(19)17-13-5-3-4-12(16)10-13/h3-5,10,14H,2,6-9,11H2,1H3,(H,17,19). The Bertz CT molecular complexity index is 633. The van der Waals surface area contributed by atoms with E-state index in [-0.39, 0.29) is 29.9 Å². The van der Waals surface area contributed by atoms with Crippen LogP contribution in [-0.4, -0.2) is 49.9 Å². The Morgan fingerprint density at radius 3 is 2.82 bits per heavy atom. The smallest absolute Gasteiger partial charge is 0.225 e. The summed E-state index contributed by atoms with van der Waals surface area (Å²) in [4.78, 5) is 13.9. The van der Waals surface area contributed by atoms with Crippen molar-refractivity contribution >= 4 is 21.4 Å². The number of hydrogen-bond acceptors (Lipinski definition) is 4. The van der Waals surface area contributed by atoms with Crippen molar-refractivity contribution in [1.82, 2.24) is 4.90 Å². The molecular formula is C15H21FN2O3S. The average Bonchev–Trinajstić information content (AvgIpc) is 2.80. The van der Waals surface area contributed by atoms with E-state index in [1.807, 2.05) is 11.8 Å². The molecule has 1 aliphatic heterocycles. The summed E-state index contributed by atoms with van der Waals surface area (Å²) in [6, 6.07) is 5.74. The second kappa shape index (κ2) is 7.19. The molecule has 0 aliphatic carbocycles. The Labute approximate surface area is 130 Å². The number of rotatable bonds is 6. The number of carbonyl (C=O) groups is 1. The summed E-state index contributed by atoms with van der Waals surface area (Å²) in [6.45, 7) is 3.15. The van der Waals surface area contributed by atoms with Crippen LogP contribution >= 0.6 is 0 Å². The van der Waals surface area contributed by atoms with Crippen LogP contribution in [0, 0.1) is 5.82 Å². The second-order valence-electron chi connectivity index (χ2n) is 5.49. The normalized spacial score (nSPS) is 20.2. The number of hydrogen-bond donors (Lipinski definition) is 1. The number of benzene rings is 1. The summed E-state index contributed by atoms with van der Waals surface area (Å²) in [5.41, 5.74) is 0.427. The third-order valence-corrected chi connectivity index (χ3v) is 5.62. The van der Waals surface area contributed by atoms with Crippen LogP contribution in [0.25, 0.3) is 0 Å². The maximum absolute atomic E-state index is 13.0. The molecule has 1 fully saturated rings. The van der Waals surface area contributed by atoms with Gasteiger partial charge in [0.25, 0.3) is 0 Å². The number of anilines is 1. The first-order valence-electron chi connectivity index (χ1n) is 7.39. The minimum atomic E-state index is -2.93. The van der Waals surface area contributed by atoms with Gasteiger partial charge in [-0.1, -0.05) is 13.0 Å². The Morgan fingerprint density at radius 1 is 1.45 bits per heavy atom. The molecule has 1 saturated heterocycles. The second-order valence-corrected chi connectivity index (χ2v) is 7.72. The van der Waals surface area contributed by atoms with Crippen LogP contribution in [0.4, 0.5) is 10.1 Å². The topological polar surface area (TPSA) is 66.5 Å². The maximum Gasteiger partial charge on any atom is 0.225 e. The highest BCUT2D eigenvalue weighted by atomic mass is 32.2. The first-order valence-corrected chi connectivity index (χ1v) is 9.21. The Hall–Kier alpha value is -1.47. The van der Waals surface area contributed by atoms with Crippen molar-refractivity contribution in [3.05, 3.63) is 30.1 Å². The van der Waals surface area contributed by atoms with Crippen LogP contribution in [0.5, 0.6) is 0 Å². The summed E-state index contributed by atoms with van der Waals surface area (Å²) in [5, 5.41) is 2.65. The predicted molar refractivity (Wildman–Crippen MR) is 84.0 cm³/mol. The molecular weight excluding hydrogens is 307 g/mol. The lowest BCUT2D eigenvalue weighted by Crippen LogP contribution is -2.38. The van der Waals surface area contributed by atoms with Crippen molar-refractivity contribution in [3.63, 3.8) is 0 Å². The SMILES string of the molecule is CCN(CCC(=O)Nc1cccc(F)c1)C1CCS(=O)(=O)C1. The van der Waals surface area contributed by atoms with E-state index in [9.17, 15) is 17.6 Å². The molecule has 1 amide bonds. The molecule has 5 nitrogen and oxygen atoms in total. The van der Waals surface area contributed by atoms with Gasteiger partial charge in [0.2, 0.25) is 5.91 Å². The highest BCUT2D eigenvalue weighted by molar-refractivity contribution is 7.91. The fourth-order valence-electron chi connectivity index (χ4n) is 2.70. The Balaban J connectivity index is 1.84. The molecule has 22 heavy (non-hydrogen) atoms. The molecule has 122 valence electrons. The van der Waals surface area contributed by atoms with Gasteiger partial charge in [0.15, 0.2) is 9.84 Å². The van der Waals surface area contributed by atoms with Crippen LogP contribution in [0.15, 0.2) is 24.3 Å². The predicted octanol–water partition coefficient (Wildman–Crippen LogP) is 1.66. The fourth-order valence-corrected chi connectivity index (χ4v) is 4.46. The summed E-state index contributed by atoms with van der Waals surface area (Å²) >= 11 is 0. The first-order chi connectivity index (χ1) is 10.4. The molecule has 7 heteroatoms. The van der Waals surface area contributed by atoms with Crippen molar-refractivity contribution in [2.45, 2.75) is 25.8 Å². The highest BCUT2D eigenvalue weighted by Crippen LogP contribution is 2.18. The van der Waals surface area contributed by atoms with E-state index < -0.39 is 15.7 Å². The van der Waals surface area contributed by atoms with E-state index in [0.29, 0.717) is 25.2 Å². The number of carbonyl (C=O) groups excluding carboxylic acids is 1. The van der Waals surface area contributed by atoms with E-state index in [1.165, 1.54) is 18.2 Å². The zero-order valence-electron chi connectivity index (χ0n) is 12.6. The van der Waals surface area contributed by atoms with Gasteiger partial charge >= 0.3 is 0 Å². The largest absolute Gasteiger partial charge is 0.326 e. The monoisotopic (exact) mass is 328 g/mol. The van der Waals surface area contributed by atoms with Gasteiger partial charge in [-0.2, -0.15) is 0 Å². The van der Waals surface area contributed by atoms with E-state index in [0.717, 1.165) is 0 Å². The van der Waals surface area contributed by atoms with E-state index in [4.69, 9.17) is 0 Å². The minimum Gasteiger partial charge on any atom is -0.326 e. The highest BCUT2D eigenvalue weighted by Gasteiger charge is 2.31. The van der Waals surface area contributed by atoms with Crippen LogP contribution < -0.4 is 5.32 Å². The molecule has 1 unspecified atom stereocenters. The quantitative estimate of drug-likeness (QED) is 0.862. The van der Waals surface area contributed by atoms with Crippen molar-refractivity contribution in [2.24, 2.45) is 0 Å². The third-order valence-electron chi connectivity index (χ3n) is 3.87. The Kier molecular flexibility index (Phi) is 5.52. The molecule has 1 heterocycles. The van der Waals surface area contributed by atoms with Gasteiger partial charge in [-0.15, -0.1) is 0 Å². The molecule has 1 atom stereocenters. The number of nitrogens with zero attached hydrogens (tertiary/aromatic N) is 1. The van der Waals surface area contributed by atoms with Gasteiger partial charge in [0.05, 0.1) is 11.5 Å². The number of sulfone groups is 1. The molecule has 0 saturated carbocycles. The van der Waals surface area contributed by atoms with Crippen molar-refractivity contribution in [2.75, 3.05) is 29.9 Å². The Morgan fingerprint density at radius 2 is 2.23 bits per heavy atom. The van der Waals surface area contributed by atoms with Crippen LogP contribution in [0.1, 0.15) is 19.8 Å². The molecule has 0 bridgehead atoms. The number of amides is 1. The van der Waals surface area contributed by atoms with Crippen molar-refractivity contribution in [3.8, 4) is 0 Å². The van der Waals surface area contributed by atoms with Crippen molar-refractivity contribution in [1.29, 1.82) is 0 Å². The van der Waals surface area contributed by atoms with Gasteiger partial charge in [0, 0.05) is 24.7 Å². The summed E-state index contributed by atoms with van der Waals surface area (Å²) in [6.07, 6.45) is 0.878. The summed E-state index contributed by atoms with van der Waals surface area (Å²) in [5.74, 6) is -0.204. The molecule has 0 spiro atoms. The fraction of sp³-hybridized carbons (Fsp3) is 0.533. The number of nitrogens with one attached hydrogen (secondary N) is 1. The molecule has 0 radical (unpaired) electrons. The van der Waals surface area contributed by atoms with Crippen LogP contribution in [-0.2, 0) is 14.6 Å². The lowest BCUT2D eigenvalue weighted by molar-refractivity contribution is -0.116. The summed E-state index contributed by atoms with van der Waals surface area (Å²) in [7, 11) is -2.93. The first kappa shape index (κ1) is 16.9. The average molecular weight is 328 g/mol. The lowest BCUT2D eigenvalue weighted by Gasteiger charge is -2.26. The van der Waals surface area contributed by atoms with Gasteiger partial charge in [0.1, 0.15) is 5.82 Å². The third kappa shape index (κ3) is 4.78. The van der Waals surface area contributed by atoms with Gasteiger partial charge in [-0.3, -0.25) is 9.69 Å². The van der Waals surface area contributed by atoms with Crippen LogP contribution in [0.3, 0.4) is 0 Å².